The van der Waals surface area contributed by atoms with E-state index in [9.17, 15) is 8.42 Å². The summed E-state index contributed by atoms with van der Waals surface area (Å²) in [7, 11) is -1.48. The van der Waals surface area contributed by atoms with E-state index >= 15 is 0 Å². The smallest absolute Gasteiger partial charge is 0.245 e. The van der Waals surface area contributed by atoms with Crippen LogP contribution in [0.3, 0.4) is 0 Å². The van der Waals surface area contributed by atoms with E-state index in [-0.39, 0.29) is 4.90 Å². The number of hydrogen-bond donors (Lipinski definition) is 2. The number of nitrogen functional groups attached to an aromatic ring is 1. The lowest BCUT2D eigenvalue weighted by Crippen LogP contribution is -2.35. The molecule has 3 N–H and O–H groups in total. The van der Waals surface area contributed by atoms with Gasteiger partial charge in [-0.05, 0) is 32.1 Å². The van der Waals surface area contributed by atoms with Gasteiger partial charge in [0.15, 0.2) is 0 Å². The molecule has 0 aliphatic carbocycles. The van der Waals surface area contributed by atoms with E-state index in [1.54, 1.807) is 24.3 Å². The van der Waals surface area contributed by atoms with Crippen molar-refractivity contribution in [3.8, 4) is 0 Å². The highest BCUT2D eigenvalue weighted by molar-refractivity contribution is 7.89. The van der Waals surface area contributed by atoms with Gasteiger partial charge >= 0.3 is 0 Å². The van der Waals surface area contributed by atoms with Gasteiger partial charge in [-0.3, -0.25) is 5.84 Å². The third-order valence-electron chi connectivity index (χ3n) is 3.34. The fraction of sp³-hybridized carbons (Fsp3) is 0.500. The number of nitrogens with one attached hydrogen (secondary N) is 1. The van der Waals surface area contributed by atoms with Crippen LogP contribution in [0.25, 0.3) is 0 Å². The molecule has 0 aromatic heterocycles. The van der Waals surface area contributed by atoms with E-state index in [0.717, 1.165) is 19.5 Å². The maximum Gasteiger partial charge on any atom is 0.245 e. The highest BCUT2D eigenvalue weighted by atomic mass is 32.2. The summed E-state index contributed by atoms with van der Waals surface area (Å²) in [6.45, 7) is 2.73. The number of anilines is 1. The van der Waals surface area contributed by atoms with Crippen LogP contribution in [-0.2, 0) is 10.0 Å². The number of para-hydroxylation sites is 1. The molecule has 1 fully saturated rings. The normalized spacial score (nSPS) is 19.1. The molecular weight excluding hydrogens is 264 g/mol. The number of sulfonamides is 1. The van der Waals surface area contributed by atoms with Crippen molar-refractivity contribution in [2.75, 3.05) is 38.7 Å². The number of rotatable bonds is 3. The van der Waals surface area contributed by atoms with Crippen LogP contribution in [-0.4, -0.2) is 50.8 Å². The molecule has 2 rings (SSSR count). The van der Waals surface area contributed by atoms with Gasteiger partial charge in [-0.1, -0.05) is 12.1 Å². The Morgan fingerprint density at radius 1 is 1.16 bits per heavy atom. The standard InChI is InChI=1S/C12H20N4O2S/c1-15-7-4-8-16(10-9-15)19(17,18)12-6-3-2-5-11(12)14-13/h2-3,5-6,14H,4,7-10,13H2,1H3. The van der Waals surface area contributed by atoms with E-state index in [1.807, 2.05) is 7.05 Å². The van der Waals surface area contributed by atoms with Crippen LogP contribution < -0.4 is 11.3 Å². The Labute approximate surface area is 114 Å². The van der Waals surface area contributed by atoms with Crippen molar-refractivity contribution in [1.29, 1.82) is 0 Å². The molecule has 0 unspecified atom stereocenters. The SMILES string of the molecule is CN1CCCN(S(=O)(=O)c2ccccc2NN)CC1. The van der Waals surface area contributed by atoms with Crippen LogP contribution in [0.15, 0.2) is 29.2 Å². The topological polar surface area (TPSA) is 78.7 Å². The van der Waals surface area contributed by atoms with Gasteiger partial charge in [0.05, 0.1) is 5.69 Å². The number of likely N-dealkylation sites (N-methyl/N-ethyl adjacent to an activating group) is 1. The summed E-state index contributed by atoms with van der Waals surface area (Å²) in [6, 6.07) is 6.71. The van der Waals surface area contributed by atoms with Gasteiger partial charge < -0.3 is 10.3 Å². The van der Waals surface area contributed by atoms with E-state index < -0.39 is 10.0 Å². The predicted octanol–water partition coefficient (Wildman–Crippen LogP) is 0.298. The van der Waals surface area contributed by atoms with E-state index in [4.69, 9.17) is 5.84 Å². The number of nitrogens with two attached hydrogens (primary N) is 1. The molecule has 106 valence electrons. The minimum Gasteiger partial charge on any atom is -0.323 e. The van der Waals surface area contributed by atoms with Gasteiger partial charge in [-0.25, -0.2) is 8.42 Å². The molecule has 19 heavy (non-hydrogen) atoms. The minimum absolute atomic E-state index is 0.238. The molecule has 1 aromatic carbocycles. The van der Waals surface area contributed by atoms with E-state index in [2.05, 4.69) is 10.3 Å². The summed E-state index contributed by atoms with van der Waals surface area (Å²) in [5.41, 5.74) is 2.88. The zero-order valence-corrected chi connectivity index (χ0v) is 11.9. The Morgan fingerprint density at radius 3 is 2.63 bits per heavy atom. The van der Waals surface area contributed by atoms with Gasteiger partial charge in [-0.2, -0.15) is 4.31 Å². The first-order chi connectivity index (χ1) is 9.05. The molecule has 1 aromatic rings. The molecule has 0 bridgehead atoms. The Bertz CT molecular complexity index is 532. The summed E-state index contributed by atoms with van der Waals surface area (Å²) in [4.78, 5) is 2.38. The lowest BCUT2D eigenvalue weighted by Gasteiger charge is -2.21. The lowest BCUT2D eigenvalue weighted by molar-refractivity contribution is 0.347. The van der Waals surface area contributed by atoms with Gasteiger partial charge in [0.1, 0.15) is 4.90 Å². The van der Waals surface area contributed by atoms with Gasteiger partial charge in [-0.15, -0.1) is 0 Å². The number of nitrogens with zero attached hydrogens (tertiary/aromatic N) is 2. The highest BCUT2D eigenvalue weighted by Crippen LogP contribution is 2.24. The van der Waals surface area contributed by atoms with Crippen molar-refractivity contribution in [1.82, 2.24) is 9.21 Å². The number of hydrogen-bond acceptors (Lipinski definition) is 5. The summed E-state index contributed by atoms with van der Waals surface area (Å²) < 4.78 is 26.8. The zero-order valence-electron chi connectivity index (χ0n) is 11.0. The maximum absolute atomic E-state index is 12.6. The van der Waals surface area contributed by atoms with Crippen LogP contribution in [0, 0.1) is 0 Å². The van der Waals surface area contributed by atoms with Crippen LogP contribution >= 0.6 is 0 Å². The summed E-state index contributed by atoms with van der Waals surface area (Å²) in [5, 5.41) is 0. The molecule has 1 saturated heterocycles. The minimum atomic E-state index is -3.49. The molecule has 7 heteroatoms. The van der Waals surface area contributed by atoms with Crippen LogP contribution in [0.1, 0.15) is 6.42 Å². The largest absolute Gasteiger partial charge is 0.323 e. The number of benzene rings is 1. The summed E-state index contributed by atoms with van der Waals surface area (Å²) in [6.07, 6.45) is 0.841. The summed E-state index contributed by atoms with van der Waals surface area (Å²) >= 11 is 0. The van der Waals surface area contributed by atoms with Gasteiger partial charge in [0.25, 0.3) is 0 Å². The third kappa shape index (κ3) is 3.06. The molecule has 0 atom stereocenters. The second-order valence-electron chi connectivity index (χ2n) is 4.70. The van der Waals surface area contributed by atoms with E-state index in [1.165, 1.54) is 4.31 Å². The Morgan fingerprint density at radius 2 is 1.89 bits per heavy atom. The fourth-order valence-electron chi connectivity index (χ4n) is 2.21. The fourth-order valence-corrected chi connectivity index (χ4v) is 3.84. The molecule has 6 nitrogen and oxygen atoms in total. The van der Waals surface area contributed by atoms with Gasteiger partial charge in [0, 0.05) is 19.6 Å². The molecule has 1 aliphatic heterocycles. The van der Waals surface area contributed by atoms with Crippen LogP contribution in [0.2, 0.25) is 0 Å². The molecule has 0 radical (unpaired) electrons. The van der Waals surface area contributed by atoms with Crippen molar-refractivity contribution in [2.24, 2.45) is 5.84 Å². The Kier molecular flexibility index (Phi) is 4.41. The van der Waals surface area contributed by atoms with Crippen LogP contribution in [0.5, 0.6) is 0 Å². The van der Waals surface area contributed by atoms with Crippen molar-refractivity contribution < 1.29 is 8.42 Å². The quantitative estimate of drug-likeness (QED) is 0.616. The average molecular weight is 284 g/mol. The monoisotopic (exact) mass is 284 g/mol. The highest BCUT2D eigenvalue weighted by Gasteiger charge is 2.27. The van der Waals surface area contributed by atoms with Gasteiger partial charge in [0.2, 0.25) is 10.0 Å². The molecule has 0 saturated carbocycles. The third-order valence-corrected chi connectivity index (χ3v) is 5.30. The van der Waals surface area contributed by atoms with Crippen molar-refractivity contribution >= 4 is 15.7 Å². The Balaban J connectivity index is 2.31. The average Bonchev–Trinajstić information content (AvgIpc) is 2.64. The first-order valence-electron chi connectivity index (χ1n) is 6.30. The zero-order chi connectivity index (χ0) is 13.9. The second-order valence-corrected chi connectivity index (χ2v) is 6.61. The molecular formula is C12H20N4O2S. The lowest BCUT2D eigenvalue weighted by atomic mass is 10.3. The predicted molar refractivity (Wildman–Crippen MR) is 75.1 cm³/mol. The first-order valence-corrected chi connectivity index (χ1v) is 7.74. The first kappa shape index (κ1) is 14.3. The number of hydrazine groups is 1. The second kappa shape index (κ2) is 5.87. The molecule has 0 spiro atoms. The van der Waals surface area contributed by atoms with Crippen molar-refractivity contribution in [3.63, 3.8) is 0 Å². The summed E-state index contributed by atoms with van der Waals surface area (Å²) in [5.74, 6) is 5.39. The Hall–Kier alpha value is -1.15. The molecule has 0 amide bonds. The molecule has 1 aliphatic rings. The van der Waals surface area contributed by atoms with Crippen LogP contribution in [0.4, 0.5) is 5.69 Å². The maximum atomic E-state index is 12.6. The molecule has 1 heterocycles. The van der Waals surface area contributed by atoms with Crippen molar-refractivity contribution in [3.05, 3.63) is 24.3 Å². The van der Waals surface area contributed by atoms with E-state index in [0.29, 0.717) is 18.8 Å². The van der Waals surface area contributed by atoms with Crippen molar-refractivity contribution in [2.45, 2.75) is 11.3 Å².